The van der Waals surface area contributed by atoms with Gasteiger partial charge in [-0.25, -0.2) is 23.1 Å². The first kappa shape index (κ1) is 23.2. The molecule has 0 aliphatic carbocycles. The standard InChI is InChI=1S/C22H21ClN2O7S/c1-13-8-20-16(11-18(13)23)14(9-21(26)32-20)12-31-22(27)17-10-15(33(24,28)29)2-3-19(17)25-4-6-30-7-5-25/h2-3,8-11H,4-7,12H2,1H3,(H2,24,28,29). The molecule has 4 rings (SSSR count). The van der Waals surface area contributed by atoms with Crippen LogP contribution in [-0.4, -0.2) is 40.7 Å². The summed E-state index contributed by atoms with van der Waals surface area (Å²) in [7, 11) is -4.04. The highest BCUT2D eigenvalue weighted by Gasteiger charge is 2.23. The SMILES string of the molecule is Cc1cc2oc(=O)cc(COC(=O)c3cc(S(N)(=O)=O)ccc3N3CCOCC3)c2cc1Cl. The number of rotatable bonds is 5. The van der Waals surface area contributed by atoms with Crippen LogP contribution < -0.4 is 15.7 Å². The fourth-order valence-corrected chi connectivity index (χ4v) is 4.33. The van der Waals surface area contributed by atoms with Crippen LogP contribution in [0.4, 0.5) is 5.69 Å². The van der Waals surface area contributed by atoms with Crippen molar-refractivity contribution >= 4 is 44.3 Å². The first-order chi connectivity index (χ1) is 15.6. The van der Waals surface area contributed by atoms with Crippen LogP contribution in [0.15, 0.2) is 50.5 Å². The fraction of sp³-hybridized carbons (Fsp3) is 0.273. The zero-order valence-corrected chi connectivity index (χ0v) is 19.2. The van der Waals surface area contributed by atoms with Crippen molar-refractivity contribution in [3.63, 3.8) is 0 Å². The zero-order valence-electron chi connectivity index (χ0n) is 17.7. The lowest BCUT2D eigenvalue weighted by Crippen LogP contribution is -2.37. The summed E-state index contributed by atoms with van der Waals surface area (Å²) in [5, 5.41) is 6.26. The number of nitrogens with zero attached hydrogens (tertiary/aromatic N) is 1. The Bertz CT molecular complexity index is 1400. The zero-order chi connectivity index (χ0) is 23.8. The minimum Gasteiger partial charge on any atom is -0.457 e. The number of morpholine rings is 1. The van der Waals surface area contributed by atoms with Crippen LogP contribution in [0.1, 0.15) is 21.5 Å². The number of nitrogens with two attached hydrogens (primary N) is 1. The molecule has 174 valence electrons. The Morgan fingerprint density at radius 2 is 1.91 bits per heavy atom. The van der Waals surface area contributed by atoms with Crippen molar-refractivity contribution in [2.45, 2.75) is 18.4 Å². The number of benzene rings is 2. The van der Waals surface area contributed by atoms with Crippen LogP contribution in [0.5, 0.6) is 0 Å². The molecule has 0 spiro atoms. The van der Waals surface area contributed by atoms with E-state index in [2.05, 4.69) is 0 Å². The van der Waals surface area contributed by atoms with Gasteiger partial charge in [0.25, 0.3) is 0 Å². The topological polar surface area (TPSA) is 129 Å². The second-order valence-corrected chi connectivity index (χ2v) is 9.56. The van der Waals surface area contributed by atoms with Gasteiger partial charge in [-0.1, -0.05) is 11.6 Å². The van der Waals surface area contributed by atoms with Crippen molar-refractivity contribution in [2.75, 3.05) is 31.2 Å². The number of halogens is 1. The Balaban J connectivity index is 1.68. The second-order valence-electron chi connectivity index (χ2n) is 7.59. The number of primary sulfonamides is 1. The van der Waals surface area contributed by atoms with Gasteiger partial charge in [0, 0.05) is 35.1 Å². The summed E-state index contributed by atoms with van der Waals surface area (Å²) in [5.74, 6) is -0.762. The van der Waals surface area contributed by atoms with E-state index in [9.17, 15) is 18.0 Å². The molecular weight excluding hydrogens is 472 g/mol. The number of hydrogen-bond donors (Lipinski definition) is 1. The van der Waals surface area contributed by atoms with Crippen molar-refractivity contribution in [3.05, 3.63) is 68.5 Å². The average molecular weight is 493 g/mol. The Labute approximate surface area is 194 Å². The number of esters is 1. The third-order valence-corrected chi connectivity index (χ3v) is 6.65. The van der Waals surface area contributed by atoms with E-state index in [1.807, 2.05) is 4.90 Å². The molecule has 0 amide bonds. The van der Waals surface area contributed by atoms with E-state index < -0.39 is 21.6 Å². The minimum absolute atomic E-state index is 0.0459. The molecule has 0 saturated carbocycles. The van der Waals surface area contributed by atoms with E-state index >= 15 is 0 Å². The number of fused-ring (bicyclic) bond motifs is 1. The summed E-state index contributed by atoms with van der Waals surface area (Å²) < 4.78 is 39.8. The molecule has 1 fully saturated rings. The van der Waals surface area contributed by atoms with Gasteiger partial charge in [-0.2, -0.15) is 0 Å². The van der Waals surface area contributed by atoms with Gasteiger partial charge in [0.15, 0.2) is 0 Å². The van der Waals surface area contributed by atoms with Crippen LogP contribution in [-0.2, 0) is 26.1 Å². The molecule has 3 aromatic rings. The highest BCUT2D eigenvalue weighted by Crippen LogP contribution is 2.28. The van der Waals surface area contributed by atoms with Crippen LogP contribution >= 0.6 is 11.6 Å². The summed E-state index contributed by atoms with van der Waals surface area (Å²) in [6.07, 6.45) is 0. The minimum atomic E-state index is -4.04. The van der Waals surface area contributed by atoms with Gasteiger partial charge in [0.1, 0.15) is 12.2 Å². The average Bonchev–Trinajstić information content (AvgIpc) is 2.78. The van der Waals surface area contributed by atoms with Crippen molar-refractivity contribution < 1.29 is 27.1 Å². The highest BCUT2D eigenvalue weighted by molar-refractivity contribution is 7.89. The molecule has 1 aliphatic heterocycles. The highest BCUT2D eigenvalue weighted by atomic mass is 35.5. The lowest BCUT2D eigenvalue weighted by Gasteiger charge is -2.30. The van der Waals surface area contributed by atoms with Gasteiger partial charge in [-0.05, 0) is 42.8 Å². The Morgan fingerprint density at radius 3 is 2.61 bits per heavy atom. The van der Waals surface area contributed by atoms with Crippen LogP contribution in [0, 0.1) is 6.92 Å². The van der Waals surface area contributed by atoms with Crippen molar-refractivity contribution in [1.29, 1.82) is 0 Å². The lowest BCUT2D eigenvalue weighted by molar-refractivity contribution is 0.0473. The molecule has 2 heterocycles. The second kappa shape index (κ2) is 9.14. The first-order valence-corrected chi connectivity index (χ1v) is 12.0. The van der Waals surface area contributed by atoms with Crippen molar-refractivity contribution in [1.82, 2.24) is 0 Å². The molecule has 1 saturated heterocycles. The first-order valence-electron chi connectivity index (χ1n) is 10.0. The molecule has 2 aromatic carbocycles. The molecule has 2 N–H and O–H groups in total. The molecular formula is C22H21ClN2O7S. The summed E-state index contributed by atoms with van der Waals surface area (Å²) in [4.78, 5) is 26.7. The van der Waals surface area contributed by atoms with Gasteiger partial charge in [0.05, 0.1) is 29.4 Å². The number of anilines is 1. The predicted octanol–water partition coefficient (Wildman–Crippen LogP) is 2.60. The van der Waals surface area contributed by atoms with Gasteiger partial charge in [-0.15, -0.1) is 0 Å². The Hall–Kier alpha value is -2.92. The maximum absolute atomic E-state index is 13.1. The Kier molecular flexibility index (Phi) is 6.44. The monoisotopic (exact) mass is 492 g/mol. The predicted molar refractivity (Wildman–Crippen MR) is 122 cm³/mol. The fourth-order valence-electron chi connectivity index (χ4n) is 3.62. The van der Waals surface area contributed by atoms with E-state index in [0.29, 0.717) is 53.5 Å². The maximum Gasteiger partial charge on any atom is 0.340 e. The molecule has 33 heavy (non-hydrogen) atoms. The third kappa shape index (κ3) is 5.03. The summed E-state index contributed by atoms with van der Waals surface area (Å²) >= 11 is 6.21. The van der Waals surface area contributed by atoms with Crippen molar-refractivity contribution in [3.8, 4) is 0 Å². The molecule has 1 aliphatic rings. The number of carbonyl (C=O) groups is 1. The summed E-state index contributed by atoms with van der Waals surface area (Å²) in [6, 6.07) is 8.56. The molecule has 11 heteroatoms. The quantitative estimate of drug-likeness (QED) is 0.425. The normalized spacial score (nSPS) is 14.5. The summed E-state index contributed by atoms with van der Waals surface area (Å²) in [6.45, 7) is 3.52. The van der Waals surface area contributed by atoms with Crippen molar-refractivity contribution in [2.24, 2.45) is 5.14 Å². The van der Waals surface area contributed by atoms with E-state index in [1.54, 1.807) is 19.1 Å². The molecule has 1 aromatic heterocycles. The van der Waals surface area contributed by atoms with E-state index in [0.717, 1.165) is 5.56 Å². The maximum atomic E-state index is 13.1. The lowest BCUT2D eigenvalue weighted by atomic mass is 10.1. The van der Waals surface area contributed by atoms with Crippen LogP contribution in [0.25, 0.3) is 11.0 Å². The smallest absolute Gasteiger partial charge is 0.340 e. The largest absolute Gasteiger partial charge is 0.457 e. The molecule has 0 unspecified atom stereocenters. The van der Waals surface area contributed by atoms with Gasteiger partial charge in [0.2, 0.25) is 10.0 Å². The van der Waals surface area contributed by atoms with Crippen LogP contribution in [0.3, 0.4) is 0 Å². The van der Waals surface area contributed by atoms with Gasteiger partial charge >= 0.3 is 11.6 Å². The molecule has 0 atom stereocenters. The van der Waals surface area contributed by atoms with Gasteiger partial charge in [-0.3, -0.25) is 0 Å². The van der Waals surface area contributed by atoms with E-state index in [1.165, 1.54) is 24.3 Å². The van der Waals surface area contributed by atoms with E-state index in [-0.39, 0.29) is 17.1 Å². The number of hydrogen-bond acceptors (Lipinski definition) is 8. The number of carbonyl (C=O) groups excluding carboxylic acids is 1. The number of aryl methyl sites for hydroxylation is 1. The number of sulfonamides is 1. The molecule has 9 nitrogen and oxygen atoms in total. The van der Waals surface area contributed by atoms with Gasteiger partial charge < -0.3 is 18.8 Å². The van der Waals surface area contributed by atoms with Crippen LogP contribution in [0.2, 0.25) is 5.02 Å². The number of ether oxygens (including phenoxy) is 2. The third-order valence-electron chi connectivity index (χ3n) is 5.34. The van der Waals surface area contributed by atoms with E-state index in [4.69, 9.17) is 30.6 Å². The Morgan fingerprint density at radius 1 is 1.18 bits per heavy atom. The molecule has 0 radical (unpaired) electrons. The summed E-state index contributed by atoms with van der Waals surface area (Å²) in [5.41, 5.74) is 1.42. The molecule has 0 bridgehead atoms.